The third-order valence-electron chi connectivity index (χ3n) is 2.70. The molecule has 0 fully saturated rings. The van der Waals surface area contributed by atoms with E-state index in [1.807, 2.05) is 31.2 Å². The van der Waals surface area contributed by atoms with Gasteiger partial charge in [-0.3, -0.25) is 0 Å². The van der Waals surface area contributed by atoms with Gasteiger partial charge in [-0.25, -0.2) is 14.0 Å². The maximum absolute atomic E-state index is 11.9. The number of rotatable bonds is 2. The first-order chi connectivity index (χ1) is 7.65. The molecule has 2 rings (SSSR count). The van der Waals surface area contributed by atoms with Crippen LogP contribution in [0.15, 0.2) is 29.1 Å². The van der Waals surface area contributed by atoms with Crippen LogP contribution in [0.5, 0.6) is 0 Å². The van der Waals surface area contributed by atoms with Crippen LogP contribution >= 0.6 is 0 Å². The number of aromatic nitrogens is 3. The van der Waals surface area contributed by atoms with Gasteiger partial charge in [-0.05, 0) is 25.0 Å². The Balaban J connectivity index is 2.72. The number of hydrogen-bond donors (Lipinski definition) is 0. The minimum Gasteiger partial charge on any atom is -0.247 e. The Kier molecular flexibility index (Phi) is 2.64. The van der Waals surface area contributed by atoms with Gasteiger partial charge < -0.3 is 0 Å². The fraction of sp³-hybridized carbons (Fsp3) is 0.333. The van der Waals surface area contributed by atoms with Gasteiger partial charge in [0.25, 0.3) is 0 Å². The normalized spacial score (nSPS) is 10.7. The Morgan fingerprint density at radius 2 is 2.00 bits per heavy atom. The molecule has 0 saturated carbocycles. The van der Waals surface area contributed by atoms with E-state index in [-0.39, 0.29) is 5.69 Å². The fourth-order valence-electron chi connectivity index (χ4n) is 1.89. The molecule has 0 aliphatic rings. The third-order valence-corrected chi connectivity index (χ3v) is 2.70. The summed E-state index contributed by atoms with van der Waals surface area (Å²) in [6.07, 6.45) is 0.900. The van der Waals surface area contributed by atoms with Crippen LogP contribution in [0.3, 0.4) is 0 Å². The van der Waals surface area contributed by atoms with Crippen LogP contribution in [0.25, 0.3) is 5.69 Å². The van der Waals surface area contributed by atoms with E-state index < -0.39 is 0 Å². The molecular weight excluding hydrogens is 202 g/mol. The molecule has 0 amide bonds. The second-order valence-corrected chi connectivity index (χ2v) is 3.77. The second kappa shape index (κ2) is 3.96. The third kappa shape index (κ3) is 1.56. The van der Waals surface area contributed by atoms with Gasteiger partial charge in [0.2, 0.25) is 0 Å². The van der Waals surface area contributed by atoms with Crippen LogP contribution in [0.2, 0.25) is 0 Å². The van der Waals surface area contributed by atoms with Gasteiger partial charge in [-0.1, -0.05) is 25.1 Å². The largest absolute Gasteiger partial charge is 0.350 e. The lowest BCUT2D eigenvalue weighted by Gasteiger charge is -2.07. The molecule has 4 heteroatoms. The zero-order valence-corrected chi connectivity index (χ0v) is 9.77. The van der Waals surface area contributed by atoms with E-state index >= 15 is 0 Å². The summed E-state index contributed by atoms with van der Waals surface area (Å²) in [4.78, 5) is 11.9. The predicted molar refractivity (Wildman–Crippen MR) is 62.9 cm³/mol. The molecule has 4 nitrogen and oxygen atoms in total. The molecule has 1 aromatic carbocycles. The summed E-state index contributed by atoms with van der Waals surface area (Å²) in [6.45, 7) is 3.92. The second-order valence-electron chi connectivity index (χ2n) is 3.77. The summed E-state index contributed by atoms with van der Waals surface area (Å²) >= 11 is 0. The van der Waals surface area contributed by atoms with E-state index in [1.54, 1.807) is 11.6 Å². The highest BCUT2D eigenvalue weighted by atomic mass is 16.2. The number of benzene rings is 1. The lowest BCUT2D eigenvalue weighted by Crippen LogP contribution is -2.22. The Labute approximate surface area is 94.1 Å². The molecule has 1 heterocycles. The lowest BCUT2D eigenvalue weighted by molar-refractivity contribution is 0.722. The molecule has 1 aromatic heterocycles. The van der Waals surface area contributed by atoms with Crippen molar-refractivity contribution in [1.82, 2.24) is 14.3 Å². The topological polar surface area (TPSA) is 39.8 Å². The van der Waals surface area contributed by atoms with E-state index in [2.05, 4.69) is 12.0 Å². The molecule has 0 bridgehead atoms. The van der Waals surface area contributed by atoms with Crippen molar-refractivity contribution >= 4 is 0 Å². The molecule has 16 heavy (non-hydrogen) atoms. The molecular formula is C12H15N3O. The van der Waals surface area contributed by atoms with E-state index in [4.69, 9.17) is 0 Å². The summed E-state index contributed by atoms with van der Waals surface area (Å²) < 4.78 is 3.01. The van der Waals surface area contributed by atoms with Crippen molar-refractivity contribution in [2.24, 2.45) is 7.05 Å². The molecule has 0 N–H and O–H groups in total. The SMILES string of the molecule is CCc1ccccc1-n1c(C)nn(C)c1=O. The van der Waals surface area contributed by atoms with E-state index in [0.717, 1.165) is 17.7 Å². The highest BCUT2D eigenvalue weighted by Crippen LogP contribution is 2.14. The molecule has 0 atom stereocenters. The standard InChI is InChI=1S/C12H15N3O/c1-4-10-7-5-6-8-11(10)15-9(2)13-14(3)12(15)16/h5-8H,4H2,1-3H3. The van der Waals surface area contributed by atoms with Crippen LogP contribution in [-0.2, 0) is 13.5 Å². The zero-order valence-electron chi connectivity index (χ0n) is 9.77. The van der Waals surface area contributed by atoms with Crippen molar-refractivity contribution in [2.45, 2.75) is 20.3 Å². The molecule has 0 aliphatic carbocycles. The molecule has 0 aliphatic heterocycles. The van der Waals surface area contributed by atoms with E-state index in [0.29, 0.717) is 5.82 Å². The molecule has 84 valence electrons. The maximum Gasteiger partial charge on any atom is 0.350 e. The number of nitrogens with zero attached hydrogens (tertiary/aromatic N) is 3. The summed E-state index contributed by atoms with van der Waals surface area (Å²) in [5.74, 6) is 0.716. The average Bonchev–Trinajstić information content (AvgIpc) is 2.53. The fourth-order valence-corrected chi connectivity index (χ4v) is 1.89. The molecule has 0 spiro atoms. The van der Waals surface area contributed by atoms with Gasteiger partial charge in [0.1, 0.15) is 5.82 Å². The highest BCUT2D eigenvalue weighted by molar-refractivity contribution is 5.41. The number of para-hydroxylation sites is 1. The van der Waals surface area contributed by atoms with Gasteiger partial charge in [0.05, 0.1) is 5.69 Å². The van der Waals surface area contributed by atoms with Crippen molar-refractivity contribution in [3.05, 3.63) is 46.1 Å². The number of aryl methyl sites for hydroxylation is 3. The monoisotopic (exact) mass is 217 g/mol. The number of hydrogen-bond acceptors (Lipinski definition) is 2. The van der Waals surface area contributed by atoms with Gasteiger partial charge in [-0.2, -0.15) is 5.10 Å². The van der Waals surface area contributed by atoms with Crippen LogP contribution in [0.1, 0.15) is 18.3 Å². The van der Waals surface area contributed by atoms with Gasteiger partial charge in [-0.15, -0.1) is 0 Å². The Hall–Kier alpha value is -1.84. The van der Waals surface area contributed by atoms with Crippen molar-refractivity contribution in [2.75, 3.05) is 0 Å². The first-order valence-corrected chi connectivity index (χ1v) is 5.36. The Morgan fingerprint density at radius 1 is 1.31 bits per heavy atom. The smallest absolute Gasteiger partial charge is 0.247 e. The molecule has 2 aromatic rings. The Bertz CT molecular complexity index is 566. The van der Waals surface area contributed by atoms with E-state index in [9.17, 15) is 4.79 Å². The van der Waals surface area contributed by atoms with Crippen LogP contribution in [-0.4, -0.2) is 14.3 Å². The first-order valence-electron chi connectivity index (χ1n) is 5.36. The van der Waals surface area contributed by atoms with Crippen LogP contribution < -0.4 is 5.69 Å². The Morgan fingerprint density at radius 3 is 2.56 bits per heavy atom. The maximum atomic E-state index is 11.9. The molecule has 0 unspecified atom stereocenters. The van der Waals surface area contributed by atoms with Crippen LogP contribution in [0.4, 0.5) is 0 Å². The van der Waals surface area contributed by atoms with Crippen LogP contribution in [0, 0.1) is 6.92 Å². The predicted octanol–water partition coefficient (Wildman–Crippen LogP) is 1.44. The minimum atomic E-state index is -0.0987. The minimum absolute atomic E-state index is 0.0987. The average molecular weight is 217 g/mol. The zero-order chi connectivity index (χ0) is 11.7. The van der Waals surface area contributed by atoms with Crippen molar-refractivity contribution in [3.8, 4) is 5.69 Å². The highest BCUT2D eigenvalue weighted by Gasteiger charge is 2.11. The lowest BCUT2D eigenvalue weighted by atomic mass is 10.1. The summed E-state index contributed by atoms with van der Waals surface area (Å²) in [5.41, 5.74) is 1.99. The molecule has 0 radical (unpaired) electrons. The summed E-state index contributed by atoms with van der Waals surface area (Å²) in [6, 6.07) is 7.91. The van der Waals surface area contributed by atoms with Crippen molar-refractivity contribution < 1.29 is 0 Å². The van der Waals surface area contributed by atoms with Gasteiger partial charge >= 0.3 is 5.69 Å². The van der Waals surface area contributed by atoms with Crippen molar-refractivity contribution in [3.63, 3.8) is 0 Å². The summed E-state index contributed by atoms with van der Waals surface area (Å²) in [5, 5.41) is 4.13. The molecule has 0 saturated heterocycles. The quantitative estimate of drug-likeness (QED) is 0.763. The van der Waals surface area contributed by atoms with Gasteiger partial charge in [0, 0.05) is 7.05 Å². The van der Waals surface area contributed by atoms with Gasteiger partial charge in [0.15, 0.2) is 0 Å². The van der Waals surface area contributed by atoms with E-state index in [1.165, 1.54) is 4.68 Å². The summed E-state index contributed by atoms with van der Waals surface area (Å²) in [7, 11) is 1.67. The first kappa shape index (κ1) is 10.7. The van der Waals surface area contributed by atoms with Crippen molar-refractivity contribution in [1.29, 1.82) is 0 Å².